The molecule has 1 aliphatic heterocycles. The Kier molecular flexibility index (Phi) is 6.59. The number of fused-ring (bicyclic) bond motifs is 3. The number of carbonyl (C=O) groups is 3. The highest BCUT2D eigenvalue weighted by Gasteiger charge is 2.40. The van der Waals surface area contributed by atoms with E-state index in [0.717, 1.165) is 22.3 Å². The highest BCUT2D eigenvalue weighted by atomic mass is 16.5. The van der Waals surface area contributed by atoms with Gasteiger partial charge < -0.3 is 15.4 Å². The van der Waals surface area contributed by atoms with Crippen LogP contribution in [0.3, 0.4) is 0 Å². The molecule has 0 spiro atoms. The molecule has 9 nitrogen and oxygen atoms in total. The minimum Gasteiger partial charge on any atom is -0.497 e. The normalized spacial score (nSPS) is 14.5. The van der Waals surface area contributed by atoms with Crippen LogP contribution >= 0.6 is 0 Å². The molecule has 1 aliphatic rings. The first-order valence-corrected chi connectivity index (χ1v) is 12.0. The van der Waals surface area contributed by atoms with Gasteiger partial charge in [0.25, 0.3) is 5.91 Å². The fourth-order valence-corrected chi connectivity index (χ4v) is 4.57. The quantitative estimate of drug-likeness (QED) is 0.380. The third kappa shape index (κ3) is 5.02. The number of hydrogen-bond acceptors (Lipinski definition) is 5. The number of amides is 3. The molecule has 1 unspecified atom stereocenters. The van der Waals surface area contributed by atoms with Gasteiger partial charge in [0, 0.05) is 24.8 Å². The topological polar surface area (TPSA) is 106 Å². The Labute approximate surface area is 214 Å². The van der Waals surface area contributed by atoms with Crippen LogP contribution in [0.25, 0.3) is 11.0 Å². The first-order chi connectivity index (χ1) is 17.9. The van der Waals surface area contributed by atoms with E-state index < -0.39 is 6.04 Å². The van der Waals surface area contributed by atoms with Crippen molar-refractivity contribution in [2.24, 2.45) is 0 Å². The zero-order chi connectivity index (χ0) is 25.9. The van der Waals surface area contributed by atoms with Crippen LogP contribution in [0.4, 0.5) is 17.3 Å². The molecule has 2 heterocycles. The number of aromatic nitrogens is 2. The van der Waals surface area contributed by atoms with Crippen molar-refractivity contribution in [2.75, 3.05) is 29.2 Å². The average molecular weight is 498 g/mol. The number of benzene rings is 3. The lowest BCUT2D eigenvalue weighted by Gasteiger charge is -2.16. The molecule has 0 saturated heterocycles. The van der Waals surface area contributed by atoms with E-state index in [4.69, 9.17) is 9.72 Å². The largest absolute Gasteiger partial charge is 0.497 e. The number of ether oxygens (including phenoxy) is 1. The number of carbonyl (C=O) groups excluding carboxylic acids is 3. The molecule has 2 N–H and O–H groups in total. The summed E-state index contributed by atoms with van der Waals surface area (Å²) in [4.78, 5) is 44.2. The number of anilines is 3. The monoisotopic (exact) mass is 497 g/mol. The first kappa shape index (κ1) is 24.1. The van der Waals surface area contributed by atoms with E-state index in [-0.39, 0.29) is 24.1 Å². The lowest BCUT2D eigenvalue weighted by Crippen LogP contribution is -2.33. The van der Waals surface area contributed by atoms with Gasteiger partial charge in [0.2, 0.25) is 17.8 Å². The first-order valence-electron chi connectivity index (χ1n) is 12.0. The molecular formula is C28H27N5O4. The molecule has 3 aromatic carbocycles. The summed E-state index contributed by atoms with van der Waals surface area (Å²) in [5.41, 5.74) is 3.88. The van der Waals surface area contributed by atoms with Crippen molar-refractivity contribution >= 4 is 46.1 Å². The summed E-state index contributed by atoms with van der Waals surface area (Å²) in [6.45, 7) is 1.87. The fraction of sp³-hybridized carbons (Fsp3) is 0.214. The van der Waals surface area contributed by atoms with Crippen LogP contribution in [0.1, 0.15) is 24.9 Å². The summed E-state index contributed by atoms with van der Waals surface area (Å²) < 4.78 is 7.09. The molecule has 37 heavy (non-hydrogen) atoms. The molecule has 0 aliphatic carbocycles. The Morgan fingerprint density at radius 1 is 0.946 bits per heavy atom. The van der Waals surface area contributed by atoms with E-state index in [1.165, 1.54) is 6.92 Å². The van der Waals surface area contributed by atoms with Crippen LogP contribution in [0.5, 0.6) is 5.75 Å². The predicted octanol–water partition coefficient (Wildman–Crippen LogP) is 4.16. The zero-order valence-electron chi connectivity index (χ0n) is 20.6. The maximum atomic E-state index is 13.5. The smallest absolute Gasteiger partial charge is 0.253 e. The number of para-hydroxylation sites is 2. The van der Waals surface area contributed by atoms with Gasteiger partial charge in [-0.15, -0.1) is 0 Å². The molecule has 0 bridgehead atoms. The number of methoxy groups -OCH3 is 1. The van der Waals surface area contributed by atoms with Crippen molar-refractivity contribution in [1.82, 2.24) is 9.55 Å². The SMILES string of the molecule is COc1ccc(CCN2C(=O)C(CC(=O)Nc3ccc(NC(C)=O)cc3)n3c2nc2ccccc23)cc1. The fourth-order valence-electron chi connectivity index (χ4n) is 4.57. The van der Waals surface area contributed by atoms with Crippen molar-refractivity contribution in [3.8, 4) is 5.75 Å². The van der Waals surface area contributed by atoms with Gasteiger partial charge in [-0.2, -0.15) is 0 Å². The second-order valence-corrected chi connectivity index (χ2v) is 8.89. The number of nitrogens with one attached hydrogen (secondary N) is 2. The third-order valence-corrected chi connectivity index (χ3v) is 6.33. The standard InChI is InChI=1S/C28H27N5O4/c1-18(34)29-20-9-11-21(12-10-20)30-26(35)17-25-27(36)32(16-15-19-7-13-22(37-2)14-8-19)28-31-23-5-3-4-6-24(23)33(25)28/h3-14,25H,15-17H2,1-2H3,(H,29,34)(H,30,35). The van der Waals surface area contributed by atoms with Gasteiger partial charge in [0.05, 0.1) is 24.6 Å². The predicted molar refractivity (Wildman–Crippen MR) is 142 cm³/mol. The maximum absolute atomic E-state index is 13.5. The Morgan fingerprint density at radius 3 is 2.30 bits per heavy atom. The van der Waals surface area contributed by atoms with Crippen molar-refractivity contribution in [1.29, 1.82) is 0 Å². The number of imidazole rings is 1. The van der Waals surface area contributed by atoms with Crippen LogP contribution in [0, 0.1) is 0 Å². The summed E-state index contributed by atoms with van der Waals surface area (Å²) in [5.74, 6) is 0.719. The summed E-state index contributed by atoms with van der Waals surface area (Å²) in [6.07, 6.45) is 0.608. The minimum atomic E-state index is -0.697. The molecule has 188 valence electrons. The summed E-state index contributed by atoms with van der Waals surface area (Å²) in [7, 11) is 1.62. The van der Waals surface area contributed by atoms with Gasteiger partial charge in [-0.25, -0.2) is 4.98 Å². The van der Waals surface area contributed by atoms with Gasteiger partial charge in [0.1, 0.15) is 11.8 Å². The second kappa shape index (κ2) is 10.1. The highest BCUT2D eigenvalue weighted by molar-refractivity contribution is 6.05. The van der Waals surface area contributed by atoms with Crippen LogP contribution in [-0.2, 0) is 20.8 Å². The third-order valence-electron chi connectivity index (χ3n) is 6.33. The maximum Gasteiger partial charge on any atom is 0.253 e. The van der Waals surface area contributed by atoms with E-state index >= 15 is 0 Å². The minimum absolute atomic E-state index is 0.0291. The Bertz CT molecular complexity index is 1460. The van der Waals surface area contributed by atoms with Gasteiger partial charge >= 0.3 is 0 Å². The van der Waals surface area contributed by atoms with Crippen LogP contribution in [0.2, 0.25) is 0 Å². The lowest BCUT2D eigenvalue weighted by atomic mass is 10.1. The van der Waals surface area contributed by atoms with Crippen LogP contribution in [0.15, 0.2) is 72.8 Å². The molecule has 0 fully saturated rings. The molecule has 1 atom stereocenters. The average Bonchev–Trinajstić information content (AvgIpc) is 3.38. The molecule has 0 radical (unpaired) electrons. The summed E-state index contributed by atoms with van der Waals surface area (Å²) in [5, 5.41) is 5.55. The lowest BCUT2D eigenvalue weighted by molar-refractivity contribution is -0.124. The van der Waals surface area contributed by atoms with Crippen molar-refractivity contribution in [2.45, 2.75) is 25.8 Å². The van der Waals surface area contributed by atoms with Crippen molar-refractivity contribution < 1.29 is 19.1 Å². The van der Waals surface area contributed by atoms with Crippen LogP contribution < -0.4 is 20.3 Å². The van der Waals surface area contributed by atoms with E-state index in [1.54, 1.807) is 36.3 Å². The van der Waals surface area contributed by atoms with Gasteiger partial charge in [-0.05, 0) is 60.5 Å². The molecule has 3 amide bonds. The molecule has 9 heteroatoms. The zero-order valence-corrected chi connectivity index (χ0v) is 20.6. The van der Waals surface area contributed by atoms with E-state index in [9.17, 15) is 14.4 Å². The molecular weight excluding hydrogens is 470 g/mol. The Morgan fingerprint density at radius 2 is 1.62 bits per heavy atom. The molecule has 5 rings (SSSR count). The van der Waals surface area contributed by atoms with E-state index in [1.807, 2.05) is 53.1 Å². The van der Waals surface area contributed by atoms with Gasteiger partial charge in [-0.1, -0.05) is 24.3 Å². The van der Waals surface area contributed by atoms with Crippen LogP contribution in [-0.4, -0.2) is 40.9 Å². The molecule has 4 aromatic rings. The van der Waals surface area contributed by atoms with Crippen molar-refractivity contribution in [3.63, 3.8) is 0 Å². The molecule has 0 saturated carbocycles. The number of nitrogens with zero attached hydrogens (tertiary/aromatic N) is 3. The van der Waals surface area contributed by atoms with Crippen molar-refractivity contribution in [3.05, 3.63) is 78.4 Å². The number of rotatable bonds is 8. The highest BCUT2D eigenvalue weighted by Crippen LogP contribution is 2.36. The molecule has 1 aromatic heterocycles. The van der Waals surface area contributed by atoms with E-state index in [0.29, 0.717) is 30.3 Å². The summed E-state index contributed by atoms with van der Waals surface area (Å²) >= 11 is 0. The second-order valence-electron chi connectivity index (χ2n) is 8.89. The van der Waals surface area contributed by atoms with Gasteiger partial charge in [-0.3, -0.25) is 23.9 Å². The van der Waals surface area contributed by atoms with E-state index in [2.05, 4.69) is 10.6 Å². The van der Waals surface area contributed by atoms with Gasteiger partial charge in [0.15, 0.2) is 0 Å². The Hall–Kier alpha value is -4.66. The summed E-state index contributed by atoms with van der Waals surface area (Å²) in [6, 6.07) is 21.5. The number of hydrogen-bond donors (Lipinski definition) is 2. The Balaban J connectivity index is 1.34.